The van der Waals surface area contributed by atoms with Gasteiger partial charge in [-0.1, -0.05) is 22.4 Å². The van der Waals surface area contributed by atoms with Crippen LogP contribution in [-0.4, -0.2) is 25.7 Å². The number of hydrogen-bond donors (Lipinski definition) is 0. The van der Waals surface area contributed by atoms with Gasteiger partial charge in [-0.25, -0.2) is 0 Å². The molecule has 74 valence electrons. The first-order chi connectivity index (χ1) is 5.68. The molecule has 0 bridgehead atoms. The van der Waals surface area contributed by atoms with Crippen molar-refractivity contribution in [3.8, 4) is 0 Å². The summed E-state index contributed by atoms with van der Waals surface area (Å²) in [5.74, 6) is 0. The monoisotopic (exact) mass is 258 g/mol. The lowest BCUT2D eigenvalue weighted by Crippen LogP contribution is -1.94. The molecule has 0 rings (SSSR count). The van der Waals surface area contributed by atoms with Gasteiger partial charge in [0.05, 0.1) is 6.16 Å². The Morgan fingerprint density at radius 2 is 1.75 bits per heavy atom. The fraction of sp³-hybridized carbons (Fsp3) is 1.00. The molecule has 0 unspecified atom stereocenters. The van der Waals surface area contributed by atoms with E-state index >= 15 is 0 Å². The summed E-state index contributed by atoms with van der Waals surface area (Å²) in [4.78, 5) is 0. The van der Waals surface area contributed by atoms with Crippen molar-refractivity contribution in [3.05, 3.63) is 0 Å². The third-order valence-corrected chi connectivity index (χ3v) is 4.16. The highest BCUT2D eigenvalue weighted by Crippen LogP contribution is 2.46. The highest BCUT2D eigenvalue weighted by molar-refractivity contribution is 9.09. The van der Waals surface area contributed by atoms with Crippen molar-refractivity contribution in [3.63, 3.8) is 0 Å². The molecule has 0 atom stereocenters. The van der Waals surface area contributed by atoms with Gasteiger partial charge in [0.15, 0.2) is 0 Å². The maximum Gasteiger partial charge on any atom is 0.330 e. The molecule has 12 heavy (non-hydrogen) atoms. The Morgan fingerprint density at radius 3 is 2.17 bits per heavy atom. The van der Waals surface area contributed by atoms with Crippen LogP contribution < -0.4 is 0 Å². The molecular formula is C7H16BrO3P. The van der Waals surface area contributed by atoms with E-state index in [1.807, 2.05) is 0 Å². The second-order valence-corrected chi connectivity index (χ2v) is 5.64. The molecule has 5 heteroatoms. The van der Waals surface area contributed by atoms with E-state index in [1.165, 1.54) is 14.2 Å². The molecule has 0 N–H and O–H groups in total. The van der Waals surface area contributed by atoms with Gasteiger partial charge in [0.1, 0.15) is 0 Å². The van der Waals surface area contributed by atoms with Crippen molar-refractivity contribution in [1.82, 2.24) is 0 Å². The summed E-state index contributed by atoms with van der Waals surface area (Å²) >= 11 is 3.33. The molecule has 0 aromatic rings. The van der Waals surface area contributed by atoms with Crippen molar-refractivity contribution < 1.29 is 13.6 Å². The topological polar surface area (TPSA) is 35.5 Å². The Balaban J connectivity index is 3.52. The van der Waals surface area contributed by atoms with Crippen LogP contribution >= 0.6 is 23.5 Å². The van der Waals surface area contributed by atoms with E-state index in [2.05, 4.69) is 15.9 Å². The summed E-state index contributed by atoms with van der Waals surface area (Å²) in [7, 11) is 0.114. The lowest BCUT2D eigenvalue weighted by Gasteiger charge is -2.12. The van der Waals surface area contributed by atoms with Gasteiger partial charge in [-0.2, -0.15) is 0 Å². The zero-order chi connectivity index (χ0) is 9.45. The molecule has 0 fully saturated rings. The average molecular weight is 259 g/mol. The van der Waals surface area contributed by atoms with Crippen LogP contribution in [0.2, 0.25) is 0 Å². The van der Waals surface area contributed by atoms with Gasteiger partial charge in [0.2, 0.25) is 0 Å². The second-order valence-electron chi connectivity index (χ2n) is 2.45. The average Bonchev–Trinajstić information content (AvgIpc) is 2.12. The quantitative estimate of drug-likeness (QED) is 0.400. The standard InChI is InChI=1S/C7H16BrO3P/c1-10-12(9,11-2)7-5-3-4-6-8/h3-7H2,1-2H3. The van der Waals surface area contributed by atoms with E-state index < -0.39 is 7.60 Å². The lowest BCUT2D eigenvalue weighted by atomic mass is 10.3. The largest absolute Gasteiger partial charge is 0.330 e. The fourth-order valence-corrected chi connectivity index (χ4v) is 2.36. The molecule has 0 saturated carbocycles. The van der Waals surface area contributed by atoms with Crippen LogP contribution in [0.25, 0.3) is 0 Å². The summed E-state index contributed by atoms with van der Waals surface area (Å²) in [6.45, 7) is 0. The van der Waals surface area contributed by atoms with Gasteiger partial charge in [-0.05, 0) is 12.8 Å². The first kappa shape index (κ1) is 12.6. The second kappa shape index (κ2) is 7.07. The summed E-state index contributed by atoms with van der Waals surface area (Å²) in [5, 5.41) is 0.997. The first-order valence-corrected chi connectivity index (χ1v) is 6.80. The first-order valence-electron chi connectivity index (χ1n) is 3.95. The summed E-state index contributed by atoms with van der Waals surface area (Å²) in [6, 6.07) is 0. The van der Waals surface area contributed by atoms with Crippen LogP contribution in [0.5, 0.6) is 0 Å². The number of hydrogen-bond acceptors (Lipinski definition) is 3. The Labute approximate surface area is 82.5 Å². The van der Waals surface area contributed by atoms with Crippen LogP contribution in [-0.2, 0) is 13.6 Å². The molecule has 0 aromatic heterocycles. The Bertz CT molecular complexity index is 144. The maximum atomic E-state index is 11.5. The molecule has 0 amide bonds. The molecule has 0 radical (unpaired) electrons. The van der Waals surface area contributed by atoms with E-state index in [0.29, 0.717) is 6.16 Å². The van der Waals surface area contributed by atoms with E-state index in [1.54, 1.807) is 0 Å². The number of rotatable bonds is 7. The minimum absolute atomic E-state index is 0.521. The summed E-state index contributed by atoms with van der Waals surface area (Å²) < 4.78 is 21.0. The van der Waals surface area contributed by atoms with Gasteiger partial charge in [0.25, 0.3) is 0 Å². The highest BCUT2D eigenvalue weighted by Gasteiger charge is 2.19. The van der Waals surface area contributed by atoms with E-state index in [9.17, 15) is 4.57 Å². The van der Waals surface area contributed by atoms with Gasteiger partial charge < -0.3 is 9.05 Å². The van der Waals surface area contributed by atoms with Crippen LogP contribution in [0.15, 0.2) is 0 Å². The Hall–Kier alpha value is 0.630. The van der Waals surface area contributed by atoms with E-state index in [-0.39, 0.29) is 0 Å². The number of halogens is 1. The van der Waals surface area contributed by atoms with E-state index in [4.69, 9.17) is 9.05 Å². The molecule has 0 aliphatic rings. The zero-order valence-corrected chi connectivity index (χ0v) is 10.1. The molecule has 0 aromatic carbocycles. The molecular weight excluding hydrogens is 243 g/mol. The van der Waals surface area contributed by atoms with Crippen LogP contribution in [0, 0.1) is 0 Å². The van der Waals surface area contributed by atoms with Crippen LogP contribution in [0.3, 0.4) is 0 Å². The van der Waals surface area contributed by atoms with Crippen molar-refractivity contribution in [2.75, 3.05) is 25.7 Å². The molecule has 0 heterocycles. The number of unbranched alkanes of at least 4 members (excludes halogenated alkanes) is 2. The normalized spacial score (nSPS) is 11.9. The zero-order valence-electron chi connectivity index (χ0n) is 7.59. The van der Waals surface area contributed by atoms with Crippen LogP contribution in [0.1, 0.15) is 19.3 Å². The fourth-order valence-electron chi connectivity index (χ4n) is 0.834. The smallest absolute Gasteiger partial charge is 0.312 e. The Kier molecular flexibility index (Phi) is 7.45. The van der Waals surface area contributed by atoms with Gasteiger partial charge in [-0.15, -0.1) is 0 Å². The predicted molar refractivity (Wildman–Crippen MR) is 54.1 cm³/mol. The van der Waals surface area contributed by atoms with Gasteiger partial charge in [0, 0.05) is 19.5 Å². The van der Waals surface area contributed by atoms with E-state index in [0.717, 1.165) is 24.6 Å². The Morgan fingerprint density at radius 1 is 1.17 bits per heavy atom. The van der Waals surface area contributed by atoms with Crippen molar-refractivity contribution in [1.29, 1.82) is 0 Å². The molecule has 0 aliphatic heterocycles. The van der Waals surface area contributed by atoms with Gasteiger partial charge >= 0.3 is 7.60 Å². The third-order valence-electron chi connectivity index (χ3n) is 1.62. The predicted octanol–water partition coefficient (Wildman–Crippen LogP) is 3.04. The SMILES string of the molecule is COP(=O)(CCCCCBr)OC. The molecule has 0 saturated heterocycles. The summed E-state index contributed by atoms with van der Waals surface area (Å²) in [6.07, 6.45) is 3.58. The van der Waals surface area contributed by atoms with Crippen molar-refractivity contribution in [2.45, 2.75) is 19.3 Å². The minimum atomic E-state index is -2.74. The third kappa shape index (κ3) is 5.31. The molecule has 0 spiro atoms. The highest BCUT2D eigenvalue weighted by atomic mass is 79.9. The molecule has 0 aliphatic carbocycles. The number of alkyl halides is 1. The maximum absolute atomic E-state index is 11.5. The summed E-state index contributed by atoms with van der Waals surface area (Å²) in [5.41, 5.74) is 0. The van der Waals surface area contributed by atoms with Gasteiger partial charge in [-0.3, -0.25) is 4.57 Å². The molecule has 3 nitrogen and oxygen atoms in total. The minimum Gasteiger partial charge on any atom is -0.312 e. The van der Waals surface area contributed by atoms with Crippen molar-refractivity contribution in [2.24, 2.45) is 0 Å². The van der Waals surface area contributed by atoms with Crippen molar-refractivity contribution >= 4 is 23.5 Å². The van der Waals surface area contributed by atoms with Crippen LogP contribution in [0.4, 0.5) is 0 Å². The lowest BCUT2D eigenvalue weighted by molar-refractivity contribution is 0.275.